The van der Waals surface area contributed by atoms with E-state index in [-0.39, 0.29) is 5.91 Å². The molecule has 3 atom stereocenters. The molecule has 3 unspecified atom stereocenters. The normalized spacial score (nSPS) is 21.9. The Hall–Kier alpha value is -3.02. The number of likely N-dealkylation sites (tertiary alicyclic amines) is 1. The van der Waals surface area contributed by atoms with E-state index in [1.807, 2.05) is 18.2 Å². The maximum absolute atomic E-state index is 12.8. The second kappa shape index (κ2) is 9.41. The van der Waals surface area contributed by atoms with Crippen LogP contribution >= 0.6 is 0 Å². The summed E-state index contributed by atoms with van der Waals surface area (Å²) in [6.45, 7) is 4.75. The molecule has 4 rings (SSSR count). The lowest BCUT2D eigenvalue weighted by Crippen LogP contribution is -2.48. The van der Waals surface area contributed by atoms with Crippen molar-refractivity contribution in [3.05, 3.63) is 60.2 Å². The van der Waals surface area contributed by atoms with Gasteiger partial charge in [-0.15, -0.1) is 0 Å². The molecule has 2 aromatic carbocycles. The maximum Gasteiger partial charge on any atom is 0.352 e. The van der Waals surface area contributed by atoms with Crippen molar-refractivity contribution < 1.29 is 23.8 Å². The summed E-state index contributed by atoms with van der Waals surface area (Å²) in [5.41, 5.74) is 1.33. The third-order valence-electron chi connectivity index (χ3n) is 6.01. The van der Waals surface area contributed by atoms with E-state index in [2.05, 4.69) is 24.3 Å². The average Bonchev–Trinajstić information content (AvgIpc) is 2.79. The maximum atomic E-state index is 12.8. The van der Waals surface area contributed by atoms with Gasteiger partial charge in [0.15, 0.2) is 17.6 Å². The zero-order valence-electron chi connectivity index (χ0n) is 18.0. The van der Waals surface area contributed by atoms with E-state index in [0.29, 0.717) is 30.5 Å². The number of hydrogen-bond donors (Lipinski definition) is 0. The van der Waals surface area contributed by atoms with E-state index in [0.717, 1.165) is 19.3 Å². The third kappa shape index (κ3) is 5.01. The minimum absolute atomic E-state index is 0.156. The van der Waals surface area contributed by atoms with E-state index in [4.69, 9.17) is 14.2 Å². The molecule has 2 aliphatic heterocycles. The van der Waals surface area contributed by atoms with Gasteiger partial charge in [0, 0.05) is 13.1 Å². The molecule has 0 N–H and O–H groups in total. The van der Waals surface area contributed by atoms with Crippen LogP contribution in [0.15, 0.2) is 54.6 Å². The molecule has 0 bridgehead atoms. The topological polar surface area (TPSA) is 65.1 Å². The van der Waals surface area contributed by atoms with Gasteiger partial charge in [-0.2, -0.15) is 0 Å². The number of ether oxygens (including phenoxy) is 3. The number of para-hydroxylation sites is 2. The summed E-state index contributed by atoms with van der Waals surface area (Å²) in [7, 11) is 0. The van der Waals surface area contributed by atoms with Crippen molar-refractivity contribution in [2.75, 3.05) is 13.1 Å². The van der Waals surface area contributed by atoms with Crippen LogP contribution in [0.3, 0.4) is 0 Å². The predicted molar refractivity (Wildman–Crippen MR) is 116 cm³/mol. The fourth-order valence-electron chi connectivity index (χ4n) is 4.23. The van der Waals surface area contributed by atoms with Gasteiger partial charge >= 0.3 is 5.97 Å². The number of benzene rings is 2. The number of rotatable bonds is 5. The van der Waals surface area contributed by atoms with E-state index < -0.39 is 24.3 Å². The van der Waals surface area contributed by atoms with Gasteiger partial charge in [0.2, 0.25) is 6.10 Å². The zero-order chi connectivity index (χ0) is 21.8. The number of esters is 1. The summed E-state index contributed by atoms with van der Waals surface area (Å²) in [5, 5.41) is 0. The molecule has 2 aromatic rings. The van der Waals surface area contributed by atoms with Gasteiger partial charge in [0.05, 0.1) is 0 Å². The molecule has 31 heavy (non-hydrogen) atoms. The van der Waals surface area contributed by atoms with Crippen molar-refractivity contribution in [1.82, 2.24) is 4.90 Å². The van der Waals surface area contributed by atoms with Crippen LogP contribution in [0.5, 0.6) is 11.5 Å². The van der Waals surface area contributed by atoms with Crippen molar-refractivity contribution in [2.24, 2.45) is 5.92 Å². The van der Waals surface area contributed by atoms with Crippen LogP contribution in [0.25, 0.3) is 0 Å². The van der Waals surface area contributed by atoms with Crippen LogP contribution in [0.4, 0.5) is 0 Å². The Morgan fingerprint density at radius 1 is 1.00 bits per heavy atom. The van der Waals surface area contributed by atoms with Crippen molar-refractivity contribution in [1.29, 1.82) is 0 Å². The minimum Gasteiger partial charge on any atom is -0.482 e. The number of nitrogens with zero attached hydrogens (tertiary/aromatic N) is 1. The van der Waals surface area contributed by atoms with E-state index in [9.17, 15) is 9.59 Å². The van der Waals surface area contributed by atoms with Gasteiger partial charge in [0.25, 0.3) is 5.91 Å². The minimum atomic E-state index is -0.901. The molecular formula is C25H29NO5. The molecule has 0 spiro atoms. The fraction of sp³-hybridized carbons (Fsp3) is 0.440. The molecule has 0 saturated carbocycles. The Balaban J connectivity index is 1.27. The van der Waals surface area contributed by atoms with Crippen LogP contribution in [0.1, 0.15) is 32.3 Å². The highest BCUT2D eigenvalue weighted by molar-refractivity contribution is 5.85. The second-order valence-corrected chi connectivity index (χ2v) is 8.35. The smallest absolute Gasteiger partial charge is 0.352 e. The van der Waals surface area contributed by atoms with Gasteiger partial charge in [-0.1, -0.05) is 42.5 Å². The van der Waals surface area contributed by atoms with Gasteiger partial charge in [-0.25, -0.2) is 4.79 Å². The van der Waals surface area contributed by atoms with Crippen LogP contribution < -0.4 is 9.47 Å². The first-order valence-electron chi connectivity index (χ1n) is 11.0. The van der Waals surface area contributed by atoms with Crippen molar-refractivity contribution in [2.45, 2.75) is 51.4 Å². The number of piperidine rings is 1. The zero-order valence-corrected chi connectivity index (χ0v) is 18.0. The molecule has 0 aliphatic carbocycles. The molecule has 6 nitrogen and oxygen atoms in total. The molecule has 0 radical (unpaired) electrons. The summed E-state index contributed by atoms with van der Waals surface area (Å²) in [5.74, 6) is 0.930. The Morgan fingerprint density at radius 2 is 1.61 bits per heavy atom. The van der Waals surface area contributed by atoms with Crippen LogP contribution in [0, 0.1) is 5.92 Å². The lowest BCUT2D eigenvalue weighted by Gasteiger charge is -2.34. The number of amides is 1. The van der Waals surface area contributed by atoms with Crippen molar-refractivity contribution in [3.8, 4) is 11.5 Å². The predicted octanol–water partition coefficient (Wildman–Crippen LogP) is 3.63. The highest BCUT2D eigenvalue weighted by Crippen LogP contribution is 2.34. The Morgan fingerprint density at radius 3 is 2.29 bits per heavy atom. The quantitative estimate of drug-likeness (QED) is 0.687. The number of carbonyl (C=O) groups excluding carboxylic acids is 2. The van der Waals surface area contributed by atoms with Gasteiger partial charge in [-0.05, 0) is 56.7 Å². The fourth-order valence-corrected chi connectivity index (χ4v) is 4.23. The molecule has 164 valence electrons. The first-order chi connectivity index (χ1) is 15.0. The lowest BCUT2D eigenvalue weighted by atomic mass is 9.90. The summed E-state index contributed by atoms with van der Waals surface area (Å²) >= 11 is 0. The summed E-state index contributed by atoms with van der Waals surface area (Å²) < 4.78 is 17.0. The third-order valence-corrected chi connectivity index (χ3v) is 6.01. The van der Waals surface area contributed by atoms with Crippen molar-refractivity contribution in [3.63, 3.8) is 0 Å². The second-order valence-electron chi connectivity index (χ2n) is 8.35. The van der Waals surface area contributed by atoms with Crippen LogP contribution in [-0.2, 0) is 20.7 Å². The highest BCUT2D eigenvalue weighted by Gasteiger charge is 2.37. The molecule has 0 aromatic heterocycles. The summed E-state index contributed by atoms with van der Waals surface area (Å²) in [6.07, 6.45) is 0.682. The molecule has 1 saturated heterocycles. The number of fused-ring (bicyclic) bond motifs is 1. The molecule has 6 heteroatoms. The van der Waals surface area contributed by atoms with E-state index in [1.54, 1.807) is 30.9 Å². The van der Waals surface area contributed by atoms with Gasteiger partial charge < -0.3 is 19.1 Å². The van der Waals surface area contributed by atoms with Crippen LogP contribution in [-0.4, -0.2) is 48.2 Å². The molecule has 1 amide bonds. The van der Waals surface area contributed by atoms with Crippen molar-refractivity contribution >= 4 is 11.9 Å². The molecular weight excluding hydrogens is 394 g/mol. The summed E-state index contributed by atoms with van der Waals surface area (Å²) in [4.78, 5) is 27.3. The van der Waals surface area contributed by atoms with Gasteiger partial charge in [-0.3, -0.25) is 4.79 Å². The monoisotopic (exact) mass is 423 g/mol. The Kier molecular flexibility index (Phi) is 6.44. The Labute approximate surface area is 183 Å². The SMILES string of the molecule is CC(OC(=O)C1Oc2ccccc2OC1C)C(=O)N1CCC(Cc2ccccc2)CC1. The standard InChI is InChI=1S/C25H29NO5/c1-17-23(31-22-11-7-6-10-21(22)29-17)25(28)30-18(2)24(27)26-14-12-20(13-15-26)16-19-8-4-3-5-9-19/h3-11,17-18,20,23H,12-16H2,1-2H3. The van der Waals surface area contributed by atoms with E-state index >= 15 is 0 Å². The molecule has 2 aliphatic rings. The summed E-state index contributed by atoms with van der Waals surface area (Å²) in [6, 6.07) is 17.6. The molecule has 2 heterocycles. The number of carbonyl (C=O) groups is 2. The first-order valence-corrected chi connectivity index (χ1v) is 11.0. The number of hydrogen-bond acceptors (Lipinski definition) is 5. The van der Waals surface area contributed by atoms with Gasteiger partial charge in [0.1, 0.15) is 6.10 Å². The highest BCUT2D eigenvalue weighted by atomic mass is 16.6. The average molecular weight is 424 g/mol. The van der Waals surface area contributed by atoms with Crippen LogP contribution in [0.2, 0.25) is 0 Å². The van der Waals surface area contributed by atoms with E-state index in [1.165, 1.54) is 5.56 Å². The Bertz CT molecular complexity index is 907. The first kappa shape index (κ1) is 21.2. The molecule has 1 fully saturated rings. The lowest BCUT2D eigenvalue weighted by molar-refractivity contribution is -0.169. The largest absolute Gasteiger partial charge is 0.482 e.